The number of carbonyl (C=O) groups excluding carboxylic acids is 1. The predicted molar refractivity (Wildman–Crippen MR) is 145 cm³/mol. The van der Waals surface area contributed by atoms with E-state index in [1.807, 2.05) is 83.4 Å². The van der Waals surface area contributed by atoms with Crippen LogP contribution in [0.25, 0.3) is 5.69 Å². The molecule has 7 nitrogen and oxygen atoms in total. The van der Waals surface area contributed by atoms with E-state index in [0.29, 0.717) is 18.7 Å². The van der Waals surface area contributed by atoms with Gasteiger partial charge in [0.1, 0.15) is 5.75 Å². The lowest BCUT2D eigenvalue weighted by Crippen LogP contribution is -2.12. The monoisotopic (exact) mass is 585 g/mol. The minimum atomic E-state index is -0.0300. The predicted octanol–water partition coefficient (Wildman–Crippen LogP) is 5.61. The summed E-state index contributed by atoms with van der Waals surface area (Å²) in [7, 11) is 1.65. The van der Waals surface area contributed by atoms with Gasteiger partial charge in [0, 0.05) is 27.1 Å². The van der Waals surface area contributed by atoms with E-state index in [4.69, 9.17) is 4.74 Å². The Bertz CT molecular complexity index is 1230. The molecule has 0 bridgehead atoms. The summed E-state index contributed by atoms with van der Waals surface area (Å²) in [4.78, 5) is 12.4. The molecule has 0 aliphatic carbocycles. The highest BCUT2D eigenvalue weighted by Crippen LogP contribution is 2.26. The molecule has 0 aliphatic heterocycles. The van der Waals surface area contributed by atoms with Crippen molar-refractivity contribution in [3.63, 3.8) is 0 Å². The molecule has 0 spiro atoms. The Morgan fingerprint density at radius 1 is 1.00 bits per heavy atom. The number of aromatic nitrogens is 3. The smallest absolute Gasteiger partial charge is 0.225 e. The number of thioether (sulfide) groups is 1. The number of anilines is 2. The van der Waals surface area contributed by atoms with Gasteiger partial charge in [0.2, 0.25) is 5.91 Å². The molecular formula is C25H24IN5O2S. The first-order chi connectivity index (χ1) is 16.6. The van der Waals surface area contributed by atoms with E-state index >= 15 is 0 Å². The molecule has 4 rings (SSSR count). The summed E-state index contributed by atoms with van der Waals surface area (Å²) in [6, 6.07) is 25.5. The molecule has 0 atom stereocenters. The molecule has 1 amide bonds. The first kappa shape index (κ1) is 24.1. The minimum Gasteiger partial charge on any atom is -0.495 e. The maximum Gasteiger partial charge on any atom is 0.225 e. The molecule has 0 fully saturated rings. The Kier molecular flexibility index (Phi) is 8.42. The van der Waals surface area contributed by atoms with Crippen LogP contribution in [0.4, 0.5) is 11.4 Å². The highest BCUT2D eigenvalue weighted by Gasteiger charge is 2.15. The number of hydrogen-bond acceptors (Lipinski definition) is 6. The zero-order valence-electron chi connectivity index (χ0n) is 18.6. The number of nitrogens with zero attached hydrogens (tertiary/aromatic N) is 3. The molecular weight excluding hydrogens is 561 g/mol. The average molecular weight is 585 g/mol. The lowest BCUT2D eigenvalue weighted by atomic mass is 10.3. The Labute approximate surface area is 216 Å². The van der Waals surface area contributed by atoms with Crippen LogP contribution in [0.3, 0.4) is 0 Å². The van der Waals surface area contributed by atoms with Crippen molar-refractivity contribution >= 4 is 51.6 Å². The van der Waals surface area contributed by atoms with Crippen LogP contribution >= 0.6 is 34.4 Å². The van der Waals surface area contributed by atoms with Gasteiger partial charge in [-0.15, -0.1) is 10.2 Å². The van der Waals surface area contributed by atoms with Gasteiger partial charge in [0.25, 0.3) is 0 Å². The van der Waals surface area contributed by atoms with Crippen LogP contribution in [-0.4, -0.2) is 33.5 Å². The molecule has 9 heteroatoms. The minimum absolute atomic E-state index is 0.0300. The molecule has 3 aromatic carbocycles. The normalized spacial score (nSPS) is 10.6. The summed E-state index contributed by atoms with van der Waals surface area (Å²) in [5.74, 6) is 2.09. The SMILES string of the molecule is COc1ccccc1NCc1nnc(SCCC(=O)Nc2ccc(I)cc2)n1-c1ccccc1. The van der Waals surface area contributed by atoms with Crippen LogP contribution in [0.5, 0.6) is 5.75 Å². The summed E-state index contributed by atoms with van der Waals surface area (Å²) in [5.41, 5.74) is 2.65. The van der Waals surface area contributed by atoms with E-state index in [0.717, 1.165) is 37.4 Å². The fraction of sp³-hybridized carbons (Fsp3) is 0.160. The van der Waals surface area contributed by atoms with Gasteiger partial charge in [-0.3, -0.25) is 9.36 Å². The van der Waals surface area contributed by atoms with E-state index in [2.05, 4.69) is 43.4 Å². The number of methoxy groups -OCH3 is 1. The zero-order chi connectivity index (χ0) is 23.8. The lowest BCUT2D eigenvalue weighted by Gasteiger charge is -2.13. The number of benzene rings is 3. The number of ether oxygens (including phenoxy) is 1. The third-order valence-electron chi connectivity index (χ3n) is 4.95. The van der Waals surface area contributed by atoms with Crippen LogP contribution in [0.1, 0.15) is 12.2 Å². The molecule has 174 valence electrons. The van der Waals surface area contributed by atoms with Gasteiger partial charge in [-0.2, -0.15) is 0 Å². The van der Waals surface area contributed by atoms with E-state index in [1.165, 1.54) is 11.8 Å². The molecule has 1 heterocycles. The Morgan fingerprint density at radius 2 is 1.74 bits per heavy atom. The molecule has 34 heavy (non-hydrogen) atoms. The average Bonchev–Trinajstić information content (AvgIpc) is 3.27. The van der Waals surface area contributed by atoms with Gasteiger partial charge < -0.3 is 15.4 Å². The number of rotatable bonds is 10. The standard InChI is InChI=1S/C25H24IN5O2S/c1-33-22-10-6-5-9-21(22)27-17-23-29-30-25(31(23)20-7-3-2-4-8-20)34-16-15-24(32)28-19-13-11-18(26)12-14-19/h2-14,27H,15-17H2,1H3,(H,28,32). The molecule has 0 saturated carbocycles. The van der Waals surface area contributed by atoms with Gasteiger partial charge in [-0.1, -0.05) is 42.1 Å². The third kappa shape index (κ3) is 6.29. The summed E-state index contributed by atoms with van der Waals surface area (Å²) >= 11 is 3.75. The fourth-order valence-electron chi connectivity index (χ4n) is 3.30. The maximum atomic E-state index is 12.4. The van der Waals surface area contributed by atoms with Gasteiger partial charge in [0.05, 0.1) is 19.3 Å². The van der Waals surface area contributed by atoms with E-state index in [1.54, 1.807) is 7.11 Å². The molecule has 2 N–H and O–H groups in total. The maximum absolute atomic E-state index is 12.4. The summed E-state index contributed by atoms with van der Waals surface area (Å²) in [6.07, 6.45) is 0.368. The Hall–Kier alpha value is -3.05. The van der Waals surface area contributed by atoms with Crippen molar-refractivity contribution in [2.75, 3.05) is 23.5 Å². The Balaban J connectivity index is 1.44. The fourth-order valence-corrected chi connectivity index (χ4v) is 4.57. The number of amides is 1. The van der Waals surface area contributed by atoms with E-state index in [-0.39, 0.29) is 5.91 Å². The second-order valence-corrected chi connectivity index (χ2v) is 9.58. The highest BCUT2D eigenvalue weighted by molar-refractivity contribution is 14.1. The van der Waals surface area contributed by atoms with E-state index < -0.39 is 0 Å². The second-order valence-electron chi connectivity index (χ2n) is 7.28. The van der Waals surface area contributed by atoms with Gasteiger partial charge >= 0.3 is 0 Å². The topological polar surface area (TPSA) is 81.1 Å². The molecule has 0 aliphatic rings. The number of para-hydroxylation sites is 3. The summed E-state index contributed by atoms with van der Waals surface area (Å²) in [6.45, 7) is 0.468. The number of hydrogen-bond donors (Lipinski definition) is 2. The first-order valence-electron chi connectivity index (χ1n) is 10.7. The Morgan fingerprint density at radius 3 is 2.50 bits per heavy atom. The van der Waals surface area contributed by atoms with Crippen LogP contribution in [0, 0.1) is 3.57 Å². The van der Waals surface area contributed by atoms with E-state index in [9.17, 15) is 4.79 Å². The largest absolute Gasteiger partial charge is 0.495 e. The van der Waals surface area contributed by atoms with Crippen molar-refractivity contribution in [2.24, 2.45) is 0 Å². The van der Waals surface area contributed by atoms with Crippen molar-refractivity contribution in [3.05, 3.63) is 88.3 Å². The number of nitrogens with one attached hydrogen (secondary N) is 2. The van der Waals surface area contributed by atoms with Crippen molar-refractivity contribution in [1.82, 2.24) is 14.8 Å². The van der Waals surface area contributed by atoms with Crippen LogP contribution in [-0.2, 0) is 11.3 Å². The lowest BCUT2D eigenvalue weighted by molar-refractivity contribution is -0.115. The molecule has 0 unspecified atom stereocenters. The molecule has 0 radical (unpaired) electrons. The summed E-state index contributed by atoms with van der Waals surface area (Å²) < 4.78 is 8.58. The first-order valence-corrected chi connectivity index (χ1v) is 12.8. The zero-order valence-corrected chi connectivity index (χ0v) is 21.5. The van der Waals surface area contributed by atoms with Gasteiger partial charge in [0.15, 0.2) is 11.0 Å². The molecule has 0 saturated heterocycles. The number of halogens is 1. The quantitative estimate of drug-likeness (QED) is 0.186. The third-order valence-corrected chi connectivity index (χ3v) is 6.60. The van der Waals surface area contributed by atoms with Crippen molar-refractivity contribution in [1.29, 1.82) is 0 Å². The summed E-state index contributed by atoms with van der Waals surface area (Å²) in [5, 5.41) is 15.9. The van der Waals surface area contributed by atoms with Crippen molar-refractivity contribution in [3.8, 4) is 11.4 Å². The van der Waals surface area contributed by atoms with Crippen molar-refractivity contribution in [2.45, 2.75) is 18.1 Å². The second kappa shape index (κ2) is 11.9. The number of carbonyl (C=O) groups is 1. The van der Waals surface area contributed by atoms with Crippen LogP contribution in [0.2, 0.25) is 0 Å². The highest BCUT2D eigenvalue weighted by atomic mass is 127. The van der Waals surface area contributed by atoms with Gasteiger partial charge in [-0.25, -0.2) is 0 Å². The molecule has 1 aromatic heterocycles. The molecule has 4 aromatic rings. The van der Waals surface area contributed by atoms with Crippen molar-refractivity contribution < 1.29 is 9.53 Å². The van der Waals surface area contributed by atoms with Crippen LogP contribution < -0.4 is 15.4 Å². The van der Waals surface area contributed by atoms with Gasteiger partial charge in [-0.05, 0) is 71.1 Å². The van der Waals surface area contributed by atoms with Crippen LogP contribution in [0.15, 0.2) is 84.0 Å².